The largest absolute Gasteiger partial charge is 0.294 e. The highest BCUT2D eigenvalue weighted by atomic mass is 19.1. The molecule has 0 N–H and O–H groups in total. The fraction of sp³-hybridized carbons (Fsp3) is 0.0556. The molecule has 0 atom stereocenters. The molecule has 0 bridgehead atoms. The third-order valence-electron chi connectivity index (χ3n) is 3.52. The molecule has 0 saturated heterocycles. The van der Waals surface area contributed by atoms with Crippen molar-refractivity contribution in [2.24, 2.45) is 0 Å². The number of hydrogen-bond donors (Lipinski definition) is 0. The van der Waals surface area contributed by atoms with E-state index >= 15 is 0 Å². The number of carbonyl (C=O) groups excluding carboxylic acids is 1. The third-order valence-corrected chi connectivity index (χ3v) is 3.52. The predicted octanol–water partition coefficient (Wildman–Crippen LogP) is 4.99. The summed E-state index contributed by atoms with van der Waals surface area (Å²) in [5.41, 5.74) is 1.56. The lowest BCUT2D eigenvalue weighted by Gasteiger charge is -2.11. The Labute approximate surface area is 120 Å². The predicted molar refractivity (Wildman–Crippen MR) is 79.3 cm³/mol. The van der Waals surface area contributed by atoms with Crippen LogP contribution in [-0.4, -0.2) is 5.78 Å². The lowest BCUT2D eigenvalue weighted by Crippen LogP contribution is -1.98. The summed E-state index contributed by atoms with van der Waals surface area (Å²) in [6.45, 7) is 1.43. The fourth-order valence-electron chi connectivity index (χ4n) is 2.54. The van der Waals surface area contributed by atoms with E-state index in [1.54, 1.807) is 30.3 Å². The summed E-state index contributed by atoms with van der Waals surface area (Å²) in [6, 6.07) is 13.9. The molecule has 104 valence electrons. The minimum Gasteiger partial charge on any atom is -0.294 e. The summed E-state index contributed by atoms with van der Waals surface area (Å²) < 4.78 is 27.5. The molecule has 3 heteroatoms. The molecule has 0 aliphatic heterocycles. The molecule has 1 nitrogen and oxygen atoms in total. The summed E-state index contributed by atoms with van der Waals surface area (Å²) in [5, 5.41) is 1.11. The van der Waals surface area contributed by atoms with E-state index in [0.717, 1.165) is 0 Å². The number of fused-ring (bicyclic) bond motifs is 1. The summed E-state index contributed by atoms with van der Waals surface area (Å²) in [7, 11) is 0. The molecule has 0 radical (unpaired) electrons. The van der Waals surface area contributed by atoms with Gasteiger partial charge in [0.05, 0.1) is 0 Å². The highest BCUT2D eigenvalue weighted by Gasteiger charge is 2.14. The Bertz CT molecular complexity index is 853. The molecule has 0 spiro atoms. The Hall–Kier alpha value is -2.55. The maximum Gasteiger partial charge on any atom is 0.160 e. The van der Waals surface area contributed by atoms with Crippen molar-refractivity contribution in [3.8, 4) is 11.1 Å². The van der Waals surface area contributed by atoms with Gasteiger partial charge in [-0.05, 0) is 47.7 Å². The van der Waals surface area contributed by atoms with Gasteiger partial charge < -0.3 is 0 Å². The number of Topliss-reactive ketones (excluding diaryl/α,β-unsaturated/α-hetero) is 1. The molecule has 0 aliphatic carbocycles. The van der Waals surface area contributed by atoms with Crippen molar-refractivity contribution in [1.29, 1.82) is 0 Å². The first-order valence-electron chi connectivity index (χ1n) is 6.56. The number of carbonyl (C=O) groups is 1. The van der Waals surface area contributed by atoms with Crippen molar-refractivity contribution in [3.63, 3.8) is 0 Å². The summed E-state index contributed by atoms with van der Waals surface area (Å²) in [4.78, 5) is 11.8. The fourth-order valence-corrected chi connectivity index (χ4v) is 2.54. The molecule has 0 heterocycles. The van der Waals surface area contributed by atoms with Gasteiger partial charge in [0.2, 0.25) is 0 Å². The highest BCUT2D eigenvalue weighted by molar-refractivity contribution is 6.06. The zero-order valence-corrected chi connectivity index (χ0v) is 11.4. The minimum atomic E-state index is -0.427. The van der Waals surface area contributed by atoms with E-state index in [0.29, 0.717) is 27.5 Å². The van der Waals surface area contributed by atoms with E-state index in [9.17, 15) is 13.6 Å². The molecule has 21 heavy (non-hydrogen) atoms. The van der Waals surface area contributed by atoms with E-state index < -0.39 is 5.82 Å². The van der Waals surface area contributed by atoms with Gasteiger partial charge in [-0.2, -0.15) is 0 Å². The molecule has 0 aromatic heterocycles. The van der Waals surface area contributed by atoms with Crippen LogP contribution < -0.4 is 0 Å². The second-order valence-electron chi connectivity index (χ2n) is 4.89. The molecule has 0 aliphatic rings. The smallest absolute Gasteiger partial charge is 0.160 e. The Balaban J connectivity index is 2.39. The van der Waals surface area contributed by atoms with E-state index in [1.165, 1.54) is 31.2 Å². The standard InChI is InChI=1S/C18H12F2O/c1-11(21)13-7-6-12(19)10-17(13)15-8-9-18(20)16-5-3-2-4-14(15)16/h2-10H,1H3. The van der Waals surface area contributed by atoms with Crippen molar-refractivity contribution in [2.75, 3.05) is 0 Å². The van der Waals surface area contributed by atoms with Crippen LogP contribution in [0.1, 0.15) is 17.3 Å². The van der Waals surface area contributed by atoms with Crippen LogP contribution in [0.25, 0.3) is 21.9 Å². The lowest BCUT2D eigenvalue weighted by atomic mass is 9.93. The van der Waals surface area contributed by atoms with Gasteiger partial charge in [0.1, 0.15) is 11.6 Å². The molecule has 0 saturated carbocycles. The molecular formula is C18H12F2O. The molecule has 0 amide bonds. The maximum absolute atomic E-state index is 13.9. The Morgan fingerprint density at radius 1 is 0.857 bits per heavy atom. The molecular weight excluding hydrogens is 270 g/mol. The maximum atomic E-state index is 13.9. The quantitative estimate of drug-likeness (QED) is 0.605. The second-order valence-corrected chi connectivity index (χ2v) is 4.89. The number of rotatable bonds is 2. The van der Waals surface area contributed by atoms with Gasteiger partial charge in [-0.15, -0.1) is 0 Å². The van der Waals surface area contributed by atoms with Gasteiger partial charge in [-0.3, -0.25) is 4.79 Å². The Kier molecular flexibility index (Phi) is 3.26. The molecule has 0 unspecified atom stereocenters. The van der Waals surface area contributed by atoms with E-state index in [1.807, 2.05) is 0 Å². The molecule has 3 aromatic rings. The lowest BCUT2D eigenvalue weighted by molar-refractivity contribution is 0.101. The first kappa shape index (κ1) is 13.4. The summed E-state index contributed by atoms with van der Waals surface area (Å²) in [6.07, 6.45) is 0. The average Bonchev–Trinajstić information content (AvgIpc) is 2.47. The first-order chi connectivity index (χ1) is 10.1. The first-order valence-corrected chi connectivity index (χ1v) is 6.56. The zero-order chi connectivity index (χ0) is 15.0. The van der Waals surface area contributed by atoms with Crippen LogP contribution in [0.15, 0.2) is 54.6 Å². The van der Waals surface area contributed by atoms with E-state index in [4.69, 9.17) is 0 Å². The zero-order valence-electron chi connectivity index (χ0n) is 11.4. The van der Waals surface area contributed by atoms with Gasteiger partial charge in [0, 0.05) is 10.9 Å². The normalized spacial score (nSPS) is 10.8. The molecule has 0 fully saturated rings. The van der Waals surface area contributed by atoms with Gasteiger partial charge in [0.15, 0.2) is 5.78 Å². The van der Waals surface area contributed by atoms with E-state index in [-0.39, 0.29) is 11.6 Å². The number of benzene rings is 3. The van der Waals surface area contributed by atoms with Crippen molar-refractivity contribution in [2.45, 2.75) is 6.92 Å². The van der Waals surface area contributed by atoms with Crippen molar-refractivity contribution >= 4 is 16.6 Å². The van der Waals surface area contributed by atoms with E-state index in [2.05, 4.69) is 0 Å². The van der Waals surface area contributed by atoms with Crippen LogP contribution >= 0.6 is 0 Å². The molecule has 3 aromatic carbocycles. The molecule has 3 rings (SSSR count). The Morgan fingerprint density at radius 2 is 1.57 bits per heavy atom. The van der Waals surface area contributed by atoms with Crippen LogP contribution in [0.2, 0.25) is 0 Å². The van der Waals surface area contributed by atoms with Crippen molar-refractivity contribution in [3.05, 3.63) is 71.8 Å². The van der Waals surface area contributed by atoms with Gasteiger partial charge in [-0.1, -0.05) is 30.3 Å². The average molecular weight is 282 g/mol. The summed E-state index contributed by atoms with van der Waals surface area (Å²) >= 11 is 0. The van der Waals surface area contributed by atoms with Gasteiger partial charge in [0.25, 0.3) is 0 Å². The monoisotopic (exact) mass is 282 g/mol. The van der Waals surface area contributed by atoms with Gasteiger partial charge >= 0.3 is 0 Å². The SMILES string of the molecule is CC(=O)c1ccc(F)cc1-c1ccc(F)c2ccccc12. The van der Waals surface area contributed by atoms with Gasteiger partial charge in [-0.25, -0.2) is 8.78 Å². The minimum absolute atomic E-state index is 0.154. The topological polar surface area (TPSA) is 17.1 Å². The van der Waals surface area contributed by atoms with Crippen LogP contribution in [0, 0.1) is 11.6 Å². The van der Waals surface area contributed by atoms with Crippen molar-refractivity contribution < 1.29 is 13.6 Å². The number of hydrogen-bond acceptors (Lipinski definition) is 1. The van der Waals surface area contributed by atoms with Crippen LogP contribution in [0.5, 0.6) is 0 Å². The van der Waals surface area contributed by atoms with Crippen LogP contribution in [-0.2, 0) is 0 Å². The van der Waals surface area contributed by atoms with Crippen LogP contribution in [0.3, 0.4) is 0 Å². The Morgan fingerprint density at radius 3 is 2.29 bits per heavy atom. The summed E-state index contributed by atoms with van der Waals surface area (Å²) in [5.74, 6) is -0.919. The number of halogens is 2. The van der Waals surface area contributed by atoms with Crippen molar-refractivity contribution in [1.82, 2.24) is 0 Å². The van der Waals surface area contributed by atoms with Crippen LogP contribution in [0.4, 0.5) is 8.78 Å². The highest BCUT2D eigenvalue weighted by Crippen LogP contribution is 2.33. The number of ketones is 1. The second kappa shape index (κ2) is 5.09. The third kappa shape index (κ3) is 2.31.